The highest BCUT2D eigenvalue weighted by atomic mass is 32.1. The quantitative estimate of drug-likeness (QED) is 0.902. The lowest BCUT2D eigenvalue weighted by atomic mass is 9.86. The van der Waals surface area contributed by atoms with Crippen molar-refractivity contribution in [1.29, 1.82) is 0 Å². The molecule has 0 bridgehead atoms. The number of aromatic nitrogens is 1. The van der Waals surface area contributed by atoms with Crippen LogP contribution >= 0.6 is 11.3 Å². The van der Waals surface area contributed by atoms with Crippen LogP contribution < -0.4 is 15.8 Å². The zero-order valence-electron chi connectivity index (χ0n) is 13.3. The van der Waals surface area contributed by atoms with Gasteiger partial charge in [0.1, 0.15) is 5.75 Å². The highest BCUT2D eigenvalue weighted by Crippen LogP contribution is 2.39. The highest BCUT2D eigenvalue weighted by Gasteiger charge is 2.23. The Morgan fingerprint density at radius 3 is 2.87 bits per heavy atom. The van der Waals surface area contributed by atoms with Gasteiger partial charge in [-0.25, -0.2) is 4.98 Å². The van der Waals surface area contributed by atoms with Gasteiger partial charge in [0.05, 0.1) is 12.3 Å². The third-order valence-electron chi connectivity index (χ3n) is 4.93. The molecule has 23 heavy (non-hydrogen) atoms. The maximum absolute atomic E-state index is 5.84. The molecule has 4 rings (SSSR count). The van der Waals surface area contributed by atoms with Gasteiger partial charge in [-0.05, 0) is 50.3 Å². The monoisotopic (exact) mass is 329 g/mol. The minimum atomic E-state index is 0.541. The van der Waals surface area contributed by atoms with E-state index in [0.717, 1.165) is 41.7 Å². The molecule has 0 atom stereocenters. The molecule has 4 nitrogen and oxygen atoms in total. The van der Waals surface area contributed by atoms with Crippen LogP contribution in [0.1, 0.15) is 30.6 Å². The zero-order valence-corrected chi connectivity index (χ0v) is 14.1. The number of thiazole rings is 1. The molecule has 0 radical (unpaired) electrons. The van der Waals surface area contributed by atoms with E-state index in [1.54, 1.807) is 11.3 Å². The minimum absolute atomic E-state index is 0.541. The van der Waals surface area contributed by atoms with Gasteiger partial charge in [0.2, 0.25) is 0 Å². The molecule has 1 aromatic carbocycles. The molecule has 2 aliphatic rings. The second-order valence-electron chi connectivity index (χ2n) is 6.48. The molecular weight excluding hydrogens is 306 g/mol. The van der Waals surface area contributed by atoms with Gasteiger partial charge in [-0.15, -0.1) is 11.3 Å². The molecular formula is C18H23N3OS. The van der Waals surface area contributed by atoms with E-state index in [0.29, 0.717) is 12.0 Å². The number of para-hydroxylation sites is 1. The van der Waals surface area contributed by atoms with Crippen LogP contribution in [0.25, 0.3) is 11.3 Å². The fraction of sp³-hybridized carbons (Fsp3) is 0.500. The lowest BCUT2D eigenvalue weighted by molar-refractivity contribution is 0.327. The van der Waals surface area contributed by atoms with Crippen LogP contribution in [0.15, 0.2) is 24.3 Å². The van der Waals surface area contributed by atoms with Crippen molar-refractivity contribution >= 4 is 16.5 Å². The van der Waals surface area contributed by atoms with Gasteiger partial charge < -0.3 is 15.8 Å². The van der Waals surface area contributed by atoms with Gasteiger partial charge in [-0.1, -0.05) is 12.1 Å². The van der Waals surface area contributed by atoms with Crippen LogP contribution in [0.4, 0.5) is 5.13 Å². The van der Waals surface area contributed by atoms with E-state index in [2.05, 4.69) is 17.4 Å². The van der Waals surface area contributed by atoms with Gasteiger partial charge in [0.25, 0.3) is 0 Å². The molecule has 0 unspecified atom stereocenters. The van der Waals surface area contributed by atoms with Crippen LogP contribution in [0, 0.1) is 5.92 Å². The van der Waals surface area contributed by atoms with E-state index < -0.39 is 0 Å². The number of fused-ring (bicyclic) bond motifs is 3. The zero-order chi connectivity index (χ0) is 15.6. The SMILES string of the molecule is NCC1CCC(Nc2nc3c(s2)CCOc2ccccc2-3)CC1. The number of nitrogens with two attached hydrogens (primary N) is 1. The van der Waals surface area contributed by atoms with Crippen molar-refractivity contribution in [1.82, 2.24) is 4.98 Å². The van der Waals surface area contributed by atoms with Gasteiger partial charge in [-0.3, -0.25) is 0 Å². The van der Waals surface area contributed by atoms with Crippen LogP contribution in [0.5, 0.6) is 5.75 Å². The average Bonchev–Trinajstić information content (AvgIpc) is 2.90. The third kappa shape index (κ3) is 3.08. The van der Waals surface area contributed by atoms with E-state index in [9.17, 15) is 0 Å². The molecule has 2 heterocycles. The first kappa shape index (κ1) is 15.0. The number of nitrogens with zero attached hydrogens (tertiary/aromatic N) is 1. The lowest BCUT2D eigenvalue weighted by Gasteiger charge is -2.28. The highest BCUT2D eigenvalue weighted by molar-refractivity contribution is 7.16. The summed E-state index contributed by atoms with van der Waals surface area (Å²) in [6.07, 6.45) is 5.80. The predicted molar refractivity (Wildman–Crippen MR) is 95.2 cm³/mol. The van der Waals surface area contributed by atoms with Crippen LogP contribution in [0.3, 0.4) is 0 Å². The largest absolute Gasteiger partial charge is 0.493 e. The smallest absolute Gasteiger partial charge is 0.183 e. The Hall–Kier alpha value is -1.59. The summed E-state index contributed by atoms with van der Waals surface area (Å²) in [5.41, 5.74) is 8.00. The van der Waals surface area contributed by atoms with Crippen molar-refractivity contribution < 1.29 is 4.74 Å². The molecule has 1 aliphatic carbocycles. The van der Waals surface area contributed by atoms with Gasteiger partial charge >= 0.3 is 0 Å². The fourth-order valence-electron chi connectivity index (χ4n) is 3.55. The molecule has 0 amide bonds. The first-order valence-electron chi connectivity index (χ1n) is 8.52. The molecule has 1 fully saturated rings. The summed E-state index contributed by atoms with van der Waals surface area (Å²) >= 11 is 1.79. The Morgan fingerprint density at radius 2 is 2.04 bits per heavy atom. The molecule has 5 heteroatoms. The first-order chi connectivity index (χ1) is 11.3. The molecule has 122 valence electrons. The van der Waals surface area contributed by atoms with E-state index in [1.807, 2.05) is 12.1 Å². The molecule has 0 spiro atoms. The fourth-order valence-corrected chi connectivity index (χ4v) is 4.59. The van der Waals surface area contributed by atoms with E-state index >= 15 is 0 Å². The second kappa shape index (κ2) is 6.49. The average molecular weight is 329 g/mol. The van der Waals surface area contributed by atoms with Crippen molar-refractivity contribution in [2.45, 2.75) is 38.1 Å². The second-order valence-corrected chi connectivity index (χ2v) is 7.57. The van der Waals surface area contributed by atoms with Gasteiger partial charge in [-0.2, -0.15) is 0 Å². The summed E-state index contributed by atoms with van der Waals surface area (Å²) in [4.78, 5) is 6.22. The van der Waals surface area contributed by atoms with Crippen molar-refractivity contribution in [3.05, 3.63) is 29.1 Å². The summed E-state index contributed by atoms with van der Waals surface area (Å²) in [6.45, 7) is 1.56. The Kier molecular flexibility index (Phi) is 4.23. The summed E-state index contributed by atoms with van der Waals surface area (Å²) in [7, 11) is 0. The van der Waals surface area contributed by atoms with Crippen LogP contribution in [-0.2, 0) is 6.42 Å². The third-order valence-corrected chi connectivity index (χ3v) is 5.98. The number of nitrogens with one attached hydrogen (secondary N) is 1. The number of rotatable bonds is 3. The Morgan fingerprint density at radius 1 is 1.22 bits per heavy atom. The van der Waals surface area contributed by atoms with E-state index in [-0.39, 0.29) is 0 Å². The summed E-state index contributed by atoms with van der Waals surface area (Å²) in [6, 6.07) is 8.75. The number of ether oxygens (including phenoxy) is 1. The molecule has 1 aromatic heterocycles. The number of benzene rings is 1. The number of hydrogen-bond donors (Lipinski definition) is 2. The van der Waals surface area contributed by atoms with Crippen LogP contribution in [-0.4, -0.2) is 24.2 Å². The predicted octanol–water partition coefficient (Wildman–Crippen LogP) is 3.67. The van der Waals surface area contributed by atoms with Crippen molar-refractivity contribution in [2.75, 3.05) is 18.5 Å². The minimum Gasteiger partial charge on any atom is -0.493 e. The summed E-state index contributed by atoms with van der Waals surface area (Å²) in [5, 5.41) is 4.72. The van der Waals surface area contributed by atoms with E-state index in [4.69, 9.17) is 15.5 Å². The molecule has 3 N–H and O–H groups in total. The topological polar surface area (TPSA) is 60.2 Å². The normalized spacial score (nSPS) is 23.3. The maximum atomic E-state index is 5.84. The standard InChI is InChI=1S/C18H23N3OS/c19-11-12-5-7-13(8-6-12)20-18-21-17-14-3-1-2-4-15(14)22-10-9-16(17)23-18/h1-4,12-13H,5-11,19H2,(H,20,21). The van der Waals surface area contributed by atoms with Gasteiger partial charge in [0, 0.05) is 22.9 Å². The van der Waals surface area contributed by atoms with Crippen LogP contribution in [0.2, 0.25) is 0 Å². The van der Waals surface area contributed by atoms with E-state index in [1.165, 1.54) is 30.6 Å². The molecule has 1 aliphatic heterocycles. The molecule has 1 saturated carbocycles. The summed E-state index contributed by atoms with van der Waals surface area (Å²) < 4.78 is 5.84. The lowest BCUT2D eigenvalue weighted by Crippen LogP contribution is -2.29. The van der Waals surface area contributed by atoms with Gasteiger partial charge in [0.15, 0.2) is 5.13 Å². The summed E-state index contributed by atoms with van der Waals surface area (Å²) in [5.74, 6) is 1.66. The number of anilines is 1. The Bertz CT molecular complexity index is 677. The van der Waals surface area contributed by atoms with Crippen molar-refractivity contribution in [2.24, 2.45) is 11.7 Å². The van der Waals surface area contributed by atoms with Crippen molar-refractivity contribution in [3.8, 4) is 17.0 Å². The Balaban J connectivity index is 1.53. The first-order valence-corrected chi connectivity index (χ1v) is 9.33. The molecule has 0 saturated heterocycles. The maximum Gasteiger partial charge on any atom is 0.183 e. The van der Waals surface area contributed by atoms with Crippen molar-refractivity contribution in [3.63, 3.8) is 0 Å². The number of hydrogen-bond acceptors (Lipinski definition) is 5. The molecule has 2 aromatic rings. The Labute approximate surface area is 141 Å².